The largest absolute Gasteiger partial charge is 0.291 e. The van der Waals surface area contributed by atoms with E-state index in [1.165, 1.54) is 18.5 Å². The number of aromatic nitrogens is 2. The van der Waals surface area contributed by atoms with Gasteiger partial charge in [0.2, 0.25) is 0 Å². The Balaban J connectivity index is 2.44. The Labute approximate surface area is 132 Å². The number of nitro benzene ring substituents is 1. The third-order valence-corrected chi connectivity index (χ3v) is 4.31. The number of hydrogen-bond acceptors (Lipinski definition) is 6. The van der Waals surface area contributed by atoms with E-state index in [-0.39, 0.29) is 10.8 Å². The van der Waals surface area contributed by atoms with Gasteiger partial charge in [0.25, 0.3) is 15.7 Å². The third-order valence-electron chi connectivity index (χ3n) is 2.27. The first-order valence-corrected chi connectivity index (χ1v) is 7.89. The molecule has 0 fully saturated rings. The number of anilines is 1. The van der Waals surface area contributed by atoms with Crippen molar-refractivity contribution in [2.45, 2.75) is 4.90 Å². The summed E-state index contributed by atoms with van der Waals surface area (Å²) in [5.74, 6) is -0.0672. The maximum absolute atomic E-state index is 12.2. The van der Waals surface area contributed by atoms with Gasteiger partial charge in [0.15, 0.2) is 10.7 Å². The van der Waals surface area contributed by atoms with Gasteiger partial charge in [0.1, 0.15) is 4.60 Å². The molecular weight excluding hydrogens is 388 g/mol. The minimum Gasteiger partial charge on any atom is -0.262 e. The smallest absolute Gasteiger partial charge is 0.262 e. The summed E-state index contributed by atoms with van der Waals surface area (Å²) in [7, 11) is -4.19. The summed E-state index contributed by atoms with van der Waals surface area (Å²) in [5, 5.41) is 11.0. The van der Waals surface area contributed by atoms with E-state index in [0.717, 1.165) is 12.1 Å². The summed E-state index contributed by atoms with van der Waals surface area (Å²) >= 11 is 8.70. The molecule has 0 saturated carbocycles. The fourth-order valence-electron chi connectivity index (χ4n) is 1.42. The van der Waals surface area contributed by atoms with Gasteiger partial charge in [-0.1, -0.05) is 11.6 Å². The molecule has 0 atom stereocenters. The van der Waals surface area contributed by atoms with E-state index >= 15 is 0 Å². The second-order valence-corrected chi connectivity index (χ2v) is 6.60. The number of nitro groups is 1. The molecule has 0 saturated heterocycles. The molecule has 0 amide bonds. The zero-order valence-electron chi connectivity index (χ0n) is 10.0. The van der Waals surface area contributed by atoms with Gasteiger partial charge in [-0.3, -0.25) is 14.8 Å². The van der Waals surface area contributed by atoms with Crippen LogP contribution in [0.5, 0.6) is 0 Å². The van der Waals surface area contributed by atoms with Gasteiger partial charge in [-0.05, 0) is 28.1 Å². The van der Waals surface area contributed by atoms with Gasteiger partial charge in [-0.25, -0.2) is 18.4 Å². The van der Waals surface area contributed by atoms with Crippen LogP contribution in [0, 0.1) is 10.1 Å². The molecule has 0 bridgehead atoms. The highest BCUT2D eigenvalue weighted by molar-refractivity contribution is 9.10. The average molecular weight is 394 g/mol. The topological polar surface area (TPSA) is 115 Å². The normalized spacial score (nSPS) is 11.1. The highest BCUT2D eigenvalue weighted by Crippen LogP contribution is 2.28. The van der Waals surface area contributed by atoms with Crippen LogP contribution in [0.25, 0.3) is 0 Å². The number of hydrogen-bond donors (Lipinski definition) is 1. The van der Waals surface area contributed by atoms with Gasteiger partial charge in [-0.2, -0.15) is 0 Å². The van der Waals surface area contributed by atoms with E-state index in [0.29, 0.717) is 4.60 Å². The molecule has 110 valence electrons. The molecule has 0 radical (unpaired) electrons. The van der Waals surface area contributed by atoms with Crippen molar-refractivity contribution in [2.24, 2.45) is 0 Å². The van der Waals surface area contributed by atoms with Gasteiger partial charge in [0.05, 0.1) is 17.3 Å². The molecule has 1 heterocycles. The van der Waals surface area contributed by atoms with Crippen molar-refractivity contribution in [2.75, 3.05) is 4.72 Å². The quantitative estimate of drug-likeness (QED) is 0.630. The Morgan fingerprint density at radius 2 is 2.00 bits per heavy atom. The van der Waals surface area contributed by atoms with Crippen LogP contribution in [0.4, 0.5) is 11.5 Å². The second-order valence-electron chi connectivity index (χ2n) is 3.70. The summed E-state index contributed by atoms with van der Waals surface area (Å²) in [6, 6.07) is 3.26. The van der Waals surface area contributed by atoms with Gasteiger partial charge in [0, 0.05) is 11.1 Å². The summed E-state index contributed by atoms with van der Waals surface area (Å²) < 4.78 is 26.9. The number of sulfonamides is 1. The first-order valence-electron chi connectivity index (χ1n) is 5.24. The Hall–Kier alpha value is -1.78. The molecular formula is C10H6BrClN4O4S. The molecule has 0 unspecified atom stereocenters. The SMILES string of the molecule is O=[N+]([O-])c1cc(Cl)ccc1S(=O)(=O)Nc1cnc(Br)cn1. The van der Waals surface area contributed by atoms with E-state index in [4.69, 9.17) is 11.6 Å². The number of nitrogens with zero attached hydrogens (tertiary/aromatic N) is 3. The van der Waals surface area contributed by atoms with E-state index in [2.05, 4.69) is 30.6 Å². The van der Waals surface area contributed by atoms with Crippen LogP contribution in [-0.4, -0.2) is 23.3 Å². The fraction of sp³-hybridized carbons (Fsp3) is 0. The number of rotatable bonds is 4. The van der Waals surface area contributed by atoms with Crippen LogP contribution in [0.3, 0.4) is 0 Å². The lowest BCUT2D eigenvalue weighted by Gasteiger charge is -2.07. The van der Waals surface area contributed by atoms with Gasteiger partial charge < -0.3 is 0 Å². The minimum absolute atomic E-state index is 0.0593. The molecule has 0 aliphatic heterocycles. The molecule has 1 aromatic carbocycles. The molecule has 2 aromatic rings. The summed E-state index contributed by atoms with van der Waals surface area (Å²) in [6.45, 7) is 0. The molecule has 2 rings (SSSR count). The Kier molecular flexibility index (Phi) is 4.40. The van der Waals surface area contributed by atoms with E-state index in [1.54, 1.807) is 0 Å². The molecule has 11 heteroatoms. The Bertz CT molecular complexity index is 797. The van der Waals surface area contributed by atoms with Crippen molar-refractivity contribution in [1.29, 1.82) is 0 Å². The summed E-state index contributed by atoms with van der Waals surface area (Å²) in [4.78, 5) is 17.2. The predicted octanol–water partition coefficient (Wildman–Crippen LogP) is 2.60. The van der Waals surface area contributed by atoms with Crippen molar-refractivity contribution in [3.05, 3.63) is 50.3 Å². The third kappa shape index (κ3) is 3.65. The lowest BCUT2D eigenvalue weighted by Crippen LogP contribution is -2.15. The van der Waals surface area contributed by atoms with Gasteiger partial charge >= 0.3 is 0 Å². The molecule has 21 heavy (non-hydrogen) atoms. The first-order chi connectivity index (χ1) is 9.79. The van der Waals surface area contributed by atoms with Crippen LogP contribution < -0.4 is 4.72 Å². The number of nitrogens with one attached hydrogen (secondary N) is 1. The minimum atomic E-state index is -4.19. The van der Waals surface area contributed by atoms with Gasteiger partial charge in [-0.15, -0.1) is 0 Å². The number of halogens is 2. The van der Waals surface area contributed by atoms with E-state index in [1.807, 2.05) is 0 Å². The maximum atomic E-state index is 12.2. The van der Waals surface area contributed by atoms with Crippen LogP contribution in [0.15, 0.2) is 40.1 Å². The van der Waals surface area contributed by atoms with E-state index in [9.17, 15) is 18.5 Å². The highest BCUT2D eigenvalue weighted by Gasteiger charge is 2.26. The predicted molar refractivity (Wildman–Crippen MR) is 78.6 cm³/mol. The van der Waals surface area contributed by atoms with Crippen LogP contribution >= 0.6 is 27.5 Å². The average Bonchev–Trinajstić information content (AvgIpc) is 2.40. The Morgan fingerprint density at radius 3 is 2.57 bits per heavy atom. The molecule has 8 nitrogen and oxygen atoms in total. The van der Waals surface area contributed by atoms with Crippen molar-refractivity contribution < 1.29 is 13.3 Å². The van der Waals surface area contributed by atoms with E-state index < -0.39 is 25.5 Å². The molecule has 1 aromatic heterocycles. The zero-order chi connectivity index (χ0) is 15.6. The first kappa shape index (κ1) is 15.6. The fourth-order valence-corrected chi connectivity index (χ4v) is 2.94. The summed E-state index contributed by atoms with van der Waals surface area (Å²) in [6.07, 6.45) is 2.46. The van der Waals surface area contributed by atoms with Crippen LogP contribution in [0.1, 0.15) is 0 Å². The van der Waals surface area contributed by atoms with Crippen molar-refractivity contribution in [3.8, 4) is 0 Å². The molecule has 1 N–H and O–H groups in total. The standard InChI is InChI=1S/C10H6BrClN4O4S/c11-9-4-14-10(5-13-9)15-21(19,20)8-2-1-6(12)3-7(8)16(17)18/h1-5H,(H,14,15). The lowest BCUT2D eigenvalue weighted by molar-refractivity contribution is -0.387. The molecule has 0 aliphatic carbocycles. The zero-order valence-corrected chi connectivity index (χ0v) is 13.2. The molecule has 0 aliphatic rings. The van der Waals surface area contributed by atoms with Crippen molar-refractivity contribution in [3.63, 3.8) is 0 Å². The summed E-state index contributed by atoms with van der Waals surface area (Å²) in [5.41, 5.74) is -0.625. The highest BCUT2D eigenvalue weighted by atomic mass is 79.9. The van der Waals surface area contributed by atoms with Crippen LogP contribution in [0.2, 0.25) is 5.02 Å². The molecule has 0 spiro atoms. The monoisotopic (exact) mass is 392 g/mol. The maximum Gasteiger partial charge on any atom is 0.291 e. The van der Waals surface area contributed by atoms with Crippen molar-refractivity contribution >= 4 is 49.1 Å². The second kappa shape index (κ2) is 5.92. The van der Waals surface area contributed by atoms with Crippen molar-refractivity contribution in [1.82, 2.24) is 9.97 Å². The lowest BCUT2D eigenvalue weighted by atomic mass is 10.3. The Morgan fingerprint density at radius 1 is 1.29 bits per heavy atom. The number of benzene rings is 1. The van der Waals surface area contributed by atoms with Crippen LogP contribution in [-0.2, 0) is 10.0 Å².